The maximum Gasteiger partial charge on any atom is 0.219 e. The summed E-state index contributed by atoms with van der Waals surface area (Å²) in [4.78, 5) is 13.0. The molecule has 0 atom stereocenters. The molecule has 2 N–H and O–H groups in total. The van der Waals surface area contributed by atoms with E-state index in [2.05, 4.69) is 25.2 Å². The largest absolute Gasteiger partial charge is 0.396 e. The van der Waals surface area contributed by atoms with Gasteiger partial charge in [-0.1, -0.05) is 26.0 Å². The van der Waals surface area contributed by atoms with E-state index >= 15 is 0 Å². The third-order valence-electron chi connectivity index (χ3n) is 4.39. The zero-order valence-electron chi connectivity index (χ0n) is 13.6. The fourth-order valence-electron chi connectivity index (χ4n) is 2.23. The van der Waals surface area contributed by atoms with Crippen LogP contribution in [0.4, 0.5) is 5.69 Å². The van der Waals surface area contributed by atoms with Crippen LogP contribution < -0.4 is 5.32 Å². The van der Waals surface area contributed by atoms with E-state index in [-0.39, 0.29) is 17.9 Å². The first kappa shape index (κ1) is 17.5. The predicted molar refractivity (Wildman–Crippen MR) is 87.2 cm³/mol. The van der Waals surface area contributed by atoms with Crippen molar-refractivity contribution in [3.8, 4) is 0 Å². The molecule has 1 aromatic carbocycles. The number of aliphatic hydroxyl groups excluding tert-OH is 1. The molecule has 0 heterocycles. The molecule has 0 bridgehead atoms. The SMILES string of the molecule is CCC(CC)(CO)CNc1cccc(CN(C)C(C)=O)c1. The summed E-state index contributed by atoms with van der Waals surface area (Å²) in [7, 11) is 1.80. The Balaban J connectivity index is 2.70. The molecule has 0 fully saturated rings. The summed E-state index contributed by atoms with van der Waals surface area (Å²) in [5.74, 6) is 0.0598. The fraction of sp³-hybridized carbons (Fsp3) is 0.588. The Morgan fingerprint density at radius 3 is 2.52 bits per heavy atom. The Morgan fingerprint density at radius 1 is 1.33 bits per heavy atom. The molecule has 0 saturated carbocycles. The number of nitrogens with zero attached hydrogens (tertiary/aromatic N) is 1. The number of carbonyl (C=O) groups is 1. The van der Waals surface area contributed by atoms with Gasteiger partial charge in [0.05, 0.1) is 6.61 Å². The lowest BCUT2D eigenvalue weighted by molar-refractivity contribution is -0.128. The van der Waals surface area contributed by atoms with Crippen molar-refractivity contribution in [2.24, 2.45) is 5.41 Å². The summed E-state index contributed by atoms with van der Waals surface area (Å²) in [5.41, 5.74) is 2.07. The quantitative estimate of drug-likeness (QED) is 0.774. The van der Waals surface area contributed by atoms with Gasteiger partial charge in [0.25, 0.3) is 0 Å². The maximum atomic E-state index is 11.3. The minimum absolute atomic E-state index is 0.0598. The van der Waals surface area contributed by atoms with E-state index in [1.54, 1.807) is 18.9 Å². The molecule has 118 valence electrons. The van der Waals surface area contributed by atoms with Crippen LogP contribution in [0.2, 0.25) is 0 Å². The predicted octanol–water partition coefficient (Wildman–Crippen LogP) is 2.88. The van der Waals surface area contributed by atoms with Crippen molar-refractivity contribution in [1.82, 2.24) is 4.90 Å². The second kappa shape index (κ2) is 8.03. The monoisotopic (exact) mass is 292 g/mol. The van der Waals surface area contributed by atoms with Crippen molar-refractivity contribution in [3.05, 3.63) is 29.8 Å². The first-order chi connectivity index (χ1) is 9.96. The molecule has 0 radical (unpaired) electrons. The normalized spacial score (nSPS) is 11.3. The van der Waals surface area contributed by atoms with E-state index in [1.165, 1.54) is 0 Å². The summed E-state index contributed by atoms with van der Waals surface area (Å²) in [6, 6.07) is 8.09. The van der Waals surface area contributed by atoms with E-state index in [4.69, 9.17) is 0 Å². The smallest absolute Gasteiger partial charge is 0.219 e. The average Bonchev–Trinajstić information content (AvgIpc) is 2.49. The van der Waals surface area contributed by atoms with Gasteiger partial charge in [-0.2, -0.15) is 0 Å². The van der Waals surface area contributed by atoms with Crippen LogP contribution in [0.25, 0.3) is 0 Å². The third-order valence-corrected chi connectivity index (χ3v) is 4.39. The number of hydrogen-bond donors (Lipinski definition) is 2. The minimum Gasteiger partial charge on any atom is -0.396 e. The van der Waals surface area contributed by atoms with Gasteiger partial charge in [0.15, 0.2) is 0 Å². The first-order valence-electron chi connectivity index (χ1n) is 7.61. The Kier molecular flexibility index (Phi) is 6.69. The Labute approximate surface area is 128 Å². The Bertz CT molecular complexity index is 448. The second-order valence-electron chi connectivity index (χ2n) is 5.79. The van der Waals surface area contributed by atoms with Crippen LogP contribution in [0.1, 0.15) is 39.2 Å². The molecule has 1 amide bonds. The van der Waals surface area contributed by atoms with Crippen LogP contribution in [-0.2, 0) is 11.3 Å². The summed E-state index contributed by atoms with van der Waals surface area (Å²) < 4.78 is 0. The molecule has 1 rings (SSSR count). The lowest BCUT2D eigenvalue weighted by Gasteiger charge is -2.30. The lowest BCUT2D eigenvalue weighted by Crippen LogP contribution is -2.32. The molecule has 4 nitrogen and oxygen atoms in total. The van der Waals surface area contributed by atoms with Gasteiger partial charge in [-0.25, -0.2) is 0 Å². The molecule has 0 aliphatic rings. The number of aliphatic hydroxyl groups is 1. The van der Waals surface area contributed by atoms with Gasteiger partial charge in [0, 0.05) is 38.2 Å². The highest BCUT2D eigenvalue weighted by atomic mass is 16.3. The van der Waals surface area contributed by atoms with Gasteiger partial charge in [0.2, 0.25) is 5.91 Å². The van der Waals surface area contributed by atoms with Crippen molar-refractivity contribution in [3.63, 3.8) is 0 Å². The standard InChI is InChI=1S/C17H28N2O2/c1-5-17(6-2,13-20)12-18-16-9-7-8-15(10-16)11-19(4)14(3)21/h7-10,18,20H,5-6,11-13H2,1-4H3. The molecule has 4 heteroatoms. The highest BCUT2D eigenvalue weighted by Crippen LogP contribution is 2.26. The zero-order chi connectivity index (χ0) is 15.9. The van der Waals surface area contributed by atoms with Crippen LogP contribution in [0.5, 0.6) is 0 Å². The molecular formula is C17H28N2O2. The van der Waals surface area contributed by atoms with Gasteiger partial charge in [0.1, 0.15) is 0 Å². The van der Waals surface area contributed by atoms with Gasteiger partial charge >= 0.3 is 0 Å². The van der Waals surface area contributed by atoms with E-state index < -0.39 is 0 Å². The van der Waals surface area contributed by atoms with Crippen LogP contribution in [-0.4, -0.2) is 36.1 Å². The van der Waals surface area contributed by atoms with Gasteiger partial charge in [-0.05, 0) is 30.5 Å². The second-order valence-corrected chi connectivity index (χ2v) is 5.79. The van der Waals surface area contributed by atoms with Gasteiger partial charge in [-0.3, -0.25) is 4.79 Å². The van der Waals surface area contributed by atoms with E-state index in [9.17, 15) is 9.90 Å². The van der Waals surface area contributed by atoms with E-state index in [0.29, 0.717) is 6.54 Å². The number of hydrogen-bond acceptors (Lipinski definition) is 3. The third kappa shape index (κ3) is 5.05. The Morgan fingerprint density at radius 2 is 2.00 bits per heavy atom. The van der Waals surface area contributed by atoms with Gasteiger partial charge in [-0.15, -0.1) is 0 Å². The molecule has 0 aliphatic heterocycles. The average molecular weight is 292 g/mol. The highest BCUT2D eigenvalue weighted by Gasteiger charge is 2.24. The van der Waals surface area contributed by atoms with Crippen molar-refractivity contribution < 1.29 is 9.90 Å². The molecular weight excluding hydrogens is 264 g/mol. The maximum absolute atomic E-state index is 11.3. The number of nitrogens with one attached hydrogen (secondary N) is 1. The molecule has 0 aromatic heterocycles. The highest BCUT2D eigenvalue weighted by molar-refractivity contribution is 5.72. The topological polar surface area (TPSA) is 52.6 Å². The molecule has 1 aromatic rings. The summed E-state index contributed by atoms with van der Waals surface area (Å²) >= 11 is 0. The molecule has 21 heavy (non-hydrogen) atoms. The number of carbonyl (C=O) groups excluding carboxylic acids is 1. The van der Waals surface area contributed by atoms with Gasteiger partial charge < -0.3 is 15.3 Å². The van der Waals surface area contributed by atoms with Crippen molar-refractivity contribution in [2.75, 3.05) is 25.5 Å². The Hall–Kier alpha value is -1.55. The zero-order valence-corrected chi connectivity index (χ0v) is 13.6. The van der Waals surface area contributed by atoms with Crippen molar-refractivity contribution in [1.29, 1.82) is 0 Å². The number of amides is 1. The van der Waals surface area contributed by atoms with Crippen LogP contribution in [0, 0.1) is 5.41 Å². The van der Waals surface area contributed by atoms with Crippen molar-refractivity contribution >= 4 is 11.6 Å². The van der Waals surface area contributed by atoms with Crippen molar-refractivity contribution in [2.45, 2.75) is 40.2 Å². The number of rotatable bonds is 8. The van der Waals surface area contributed by atoms with Crippen LogP contribution in [0.15, 0.2) is 24.3 Å². The summed E-state index contributed by atoms with van der Waals surface area (Å²) in [6.45, 7) is 7.35. The van der Waals surface area contributed by atoms with E-state index in [0.717, 1.165) is 30.6 Å². The molecule has 0 aliphatic carbocycles. The molecule has 0 spiro atoms. The number of benzene rings is 1. The number of anilines is 1. The summed E-state index contributed by atoms with van der Waals surface area (Å²) in [5, 5.41) is 13.0. The van der Waals surface area contributed by atoms with Crippen LogP contribution in [0.3, 0.4) is 0 Å². The summed E-state index contributed by atoms with van der Waals surface area (Å²) in [6.07, 6.45) is 1.89. The van der Waals surface area contributed by atoms with E-state index in [1.807, 2.05) is 18.2 Å². The molecule has 0 saturated heterocycles. The molecule has 0 unspecified atom stereocenters. The fourth-order valence-corrected chi connectivity index (χ4v) is 2.23. The first-order valence-corrected chi connectivity index (χ1v) is 7.61. The minimum atomic E-state index is -0.0633. The van der Waals surface area contributed by atoms with Crippen LogP contribution >= 0.6 is 0 Å². The lowest BCUT2D eigenvalue weighted by atomic mass is 9.83.